The summed E-state index contributed by atoms with van der Waals surface area (Å²) in [6.45, 7) is 5.14. The van der Waals surface area contributed by atoms with Crippen LogP contribution in [0.2, 0.25) is 5.02 Å². The molecule has 0 fully saturated rings. The molecule has 0 N–H and O–H groups in total. The van der Waals surface area contributed by atoms with Crippen molar-refractivity contribution < 1.29 is 4.79 Å². The molecule has 0 radical (unpaired) electrons. The molecule has 3 rings (SSSR count). The van der Waals surface area contributed by atoms with E-state index in [0.717, 1.165) is 22.8 Å². The first-order chi connectivity index (χ1) is 12.5. The fraction of sp³-hybridized carbons (Fsp3) is 0.250. The summed E-state index contributed by atoms with van der Waals surface area (Å²) in [5, 5.41) is 0.635. The first-order valence-electron chi connectivity index (χ1n) is 8.42. The highest BCUT2D eigenvalue weighted by Crippen LogP contribution is 2.22. The van der Waals surface area contributed by atoms with Crippen LogP contribution in [0.1, 0.15) is 21.9 Å². The summed E-state index contributed by atoms with van der Waals surface area (Å²) in [5.74, 6) is 0.923. The summed E-state index contributed by atoms with van der Waals surface area (Å²) >= 11 is 6.05. The SMILES string of the molecule is Cc1nc(-c2cccc(C(=O)N(C)CCn3ccnc3C)c2)ccc1Cl. The van der Waals surface area contributed by atoms with Crippen LogP contribution in [0.25, 0.3) is 11.3 Å². The van der Waals surface area contributed by atoms with E-state index in [1.807, 2.05) is 68.1 Å². The quantitative estimate of drug-likeness (QED) is 0.684. The molecule has 5 nitrogen and oxygen atoms in total. The van der Waals surface area contributed by atoms with Crippen LogP contribution in [0.5, 0.6) is 0 Å². The third-order valence-corrected chi connectivity index (χ3v) is 4.77. The highest BCUT2D eigenvalue weighted by molar-refractivity contribution is 6.31. The molecular weight excluding hydrogens is 348 g/mol. The zero-order valence-corrected chi connectivity index (χ0v) is 15.9. The number of nitrogens with zero attached hydrogens (tertiary/aromatic N) is 4. The van der Waals surface area contributed by atoms with Crippen LogP contribution in [0.4, 0.5) is 0 Å². The maximum Gasteiger partial charge on any atom is 0.253 e. The summed E-state index contributed by atoms with van der Waals surface area (Å²) in [5.41, 5.74) is 3.11. The smallest absolute Gasteiger partial charge is 0.253 e. The molecule has 2 aromatic heterocycles. The molecular formula is C20H21ClN4O. The van der Waals surface area contributed by atoms with E-state index in [1.54, 1.807) is 11.1 Å². The second-order valence-electron chi connectivity index (χ2n) is 6.24. The highest BCUT2D eigenvalue weighted by atomic mass is 35.5. The number of rotatable bonds is 5. The van der Waals surface area contributed by atoms with Crippen LogP contribution >= 0.6 is 11.6 Å². The van der Waals surface area contributed by atoms with Gasteiger partial charge < -0.3 is 9.47 Å². The third-order valence-electron chi connectivity index (χ3n) is 4.37. The lowest BCUT2D eigenvalue weighted by Crippen LogP contribution is -2.30. The van der Waals surface area contributed by atoms with Crippen molar-refractivity contribution in [2.24, 2.45) is 0 Å². The predicted molar refractivity (Wildman–Crippen MR) is 103 cm³/mol. The molecule has 0 saturated heterocycles. The number of benzene rings is 1. The molecule has 0 saturated carbocycles. The van der Waals surface area contributed by atoms with Crippen molar-refractivity contribution >= 4 is 17.5 Å². The zero-order chi connectivity index (χ0) is 18.7. The van der Waals surface area contributed by atoms with Gasteiger partial charge in [0.1, 0.15) is 5.82 Å². The molecule has 0 spiro atoms. The Balaban J connectivity index is 1.75. The number of hydrogen-bond donors (Lipinski definition) is 0. The Morgan fingerprint density at radius 3 is 2.73 bits per heavy atom. The molecule has 0 atom stereocenters. The molecule has 0 aliphatic carbocycles. The van der Waals surface area contributed by atoms with Crippen molar-refractivity contribution in [3.8, 4) is 11.3 Å². The van der Waals surface area contributed by atoms with Crippen molar-refractivity contribution in [1.82, 2.24) is 19.4 Å². The van der Waals surface area contributed by atoms with Gasteiger partial charge >= 0.3 is 0 Å². The number of likely N-dealkylation sites (N-methyl/N-ethyl adjacent to an activating group) is 1. The number of amides is 1. The van der Waals surface area contributed by atoms with Crippen LogP contribution in [-0.4, -0.2) is 38.9 Å². The largest absolute Gasteiger partial charge is 0.340 e. The summed E-state index contributed by atoms with van der Waals surface area (Å²) in [6.07, 6.45) is 3.69. The summed E-state index contributed by atoms with van der Waals surface area (Å²) < 4.78 is 2.03. The number of halogens is 1. The number of carbonyl (C=O) groups is 1. The van der Waals surface area contributed by atoms with Gasteiger partial charge in [-0.25, -0.2) is 4.98 Å². The zero-order valence-electron chi connectivity index (χ0n) is 15.1. The Kier molecular flexibility index (Phi) is 5.38. The first-order valence-corrected chi connectivity index (χ1v) is 8.80. The van der Waals surface area contributed by atoms with E-state index in [0.29, 0.717) is 23.7 Å². The van der Waals surface area contributed by atoms with Crippen molar-refractivity contribution in [1.29, 1.82) is 0 Å². The molecule has 0 aliphatic rings. The monoisotopic (exact) mass is 368 g/mol. The Hall–Kier alpha value is -2.66. The Labute approximate surface area is 158 Å². The van der Waals surface area contributed by atoms with Gasteiger partial charge in [-0.15, -0.1) is 0 Å². The number of hydrogen-bond acceptors (Lipinski definition) is 3. The fourth-order valence-corrected chi connectivity index (χ4v) is 2.84. The van der Waals surface area contributed by atoms with Crippen molar-refractivity contribution in [3.05, 3.63) is 70.9 Å². The van der Waals surface area contributed by atoms with Gasteiger partial charge in [0.2, 0.25) is 0 Å². The van der Waals surface area contributed by atoms with E-state index in [9.17, 15) is 4.79 Å². The maximum atomic E-state index is 12.8. The fourth-order valence-electron chi connectivity index (χ4n) is 2.74. The summed E-state index contributed by atoms with van der Waals surface area (Å²) in [6, 6.07) is 11.2. The Morgan fingerprint density at radius 1 is 1.23 bits per heavy atom. The normalized spacial score (nSPS) is 10.8. The predicted octanol–water partition coefficient (Wildman–Crippen LogP) is 3.99. The van der Waals surface area contributed by atoms with Gasteiger partial charge in [-0.05, 0) is 38.1 Å². The van der Waals surface area contributed by atoms with Crippen LogP contribution in [-0.2, 0) is 6.54 Å². The molecule has 0 bridgehead atoms. The molecule has 0 unspecified atom stereocenters. The Morgan fingerprint density at radius 2 is 2.04 bits per heavy atom. The minimum absolute atomic E-state index is 0.0182. The van der Waals surface area contributed by atoms with Crippen LogP contribution in [0.15, 0.2) is 48.8 Å². The van der Waals surface area contributed by atoms with Crippen molar-refractivity contribution in [2.75, 3.05) is 13.6 Å². The maximum absolute atomic E-state index is 12.8. The lowest BCUT2D eigenvalue weighted by molar-refractivity contribution is 0.0790. The average molecular weight is 369 g/mol. The van der Waals surface area contributed by atoms with E-state index in [2.05, 4.69) is 9.97 Å². The summed E-state index contributed by atoms with van der Waals surface area (Å²) in [7, 11) is 1.81. The van der Waals surface area contributed by atoms with E-state index in [-0.39, 0.29) is 5.91 Å². The van der Waals surface area contributed by atoms with E-state index >= 15 is 0 Å². The standard InChI is InChI=1S/C20H21ClN4O/c1-14-18(21)7-8-19(23-14)16-5-4-6-17(13-16)20(26)24(3)11-12-25-10-9-22-15(25)2/h4-10,13H,11-12H2,1-3H3. The molecule has 26 heavy (non-hydrogen) atoms. The number of aromatic nitrogens is 3. The van der Waals surface area contributed by atoms with Gasteiger partial charge in [0, 0.05) is 43.7 Å². The lowest BCUT2D eigenvalue weighted by atomic mass is 10.1. The number of aryl methyl sites for hydroxylation is 2. The highest BCUT2D eigenvalue weighted by Gasteiger charge is 2.13. The second-order valence-corrected chi connectivity index (χ2v) is 6.65. The van der Waals surface area contributed by atoms with Crippen LogP contribution < -0.4 is 0 Å². The molecule has 134 valence electrons. The van der Waals surface area contributed by atoms with Gasteiger partial charge in [-0.3, -0.25) is 9.78 Å². The van der Waals surface area contributed by atoms with Gasteiger partial charge in [-0.2, -0.15) is 0 Å². The molecule has 0 aliphatic heterocycles. The number of carbonyl (C=O) groups excluding carboxylic acids is 1. The third kappa shape index (κ3) is 3.94. The van der Waals surface area contributed by atoms with Crippen LogP contribution in [0.3, 0.4) is 0 Å². The molecule has 1 aromatic carbocycles. The average Bonchev–Trinajstić information content (AvgIpc) is 3.06. The minimum atomic E-state index is -0.0182. The molecule has 1 amide bonds. The van der Waals surface area contributed by atoms with Crippen LogP contribution in [0, 0.1) is 13.8 Å². The molecule has 2 heterocycles. The minimum Gasteiger partial charge on any atom is -0.340 e. The van der Waals surface area contributed by atoms with E-state index in [4.69, 9.17) is 11.6 Å². The number of pyridine rings is 1. The molecule has 6 heteroatoms. The number of imidazole rings is 1. The van der Waals surface area contributed by atoms with Gasteiger partial charge in [0.15, 0.2) is 0 Å². The molecule has 3 aromatic rings. The topological polar surface area (TPSA) is 51.0 Å². The van der Waals surface area contributed by atoms with E-state index in [1.165, 1.54) is 0 Å². The van der Waals surface area contributed by atoms with Gasteiger partial charge in [0.25, 0.3) is 5.91 Å². The summed E-state index contributed by atoms with van der Waals surface area (Å²) in [4.78, 5) is 23.2. The van der Waals surface area contributed by atoms with Gasteiger partial charge in [0.05, 0.1) is 16.4 Å². The van der Waals surface area contributed by atoms with E-state index < -0.39 is 0 Å². The second kappa shape index (κ2) is 7.70. The first kappa shape index (κ1) is 18.1. The lowest BCUT2D eigenvalue weighted by Gasteiger charge is -2.18. The van der Waals surface area contributed by atoms with Crippen molar-refractivity contribution in [2.45, 2.75) is 20.4 Å². The Bertz CT molecular complexity index is 935. The van der Waals surface area contributed by atoms with Gasteiger partial charge in [-0.1, -0.05) is 23.7 Å². The van der Waals surface area contributed by atoms with Crippen molar-refractivity contribution in [3.63, 3.8) is 0 Å².